The van der Waals surface area contributed by atoms with Crippen LogP contribution in [0.2, 0.25) is 5.15 Å². The van der Waals surface area contributed by atoms with Crippen molar-refractivity contribution < 1.29 is 4.39 Å². The molecule has 0 atom stereocenters. The second-order valence-electron chi connectivity index (χ2n) is 3.75. The first kappa shape index (κ1) is 11.8. The van der Waals surface area contributed by atoms with E-state index in [4.69, 9.17) is 11.6 Å². The first-order valence-corrected chi connectivity index (χ1v) is 5.41. The van der Waals surface area contributed by atoms with Gasteiger partial charge in [-0.2, -0.15) is 0 Å². The second-order valence-corrected chi connectivity index (χ2v) is 4.14. The summed E-state index contributed by atoms with van der Waals surface area (Å²) < 4.78 is 14.5. The van der Waals surface area contributed by atoms with Crippen LogP contribution in [0.25, 0.3) is 0 Å². The van der Waals surface area contributed by atoms with Crippen LogP contribution in [0, 0.1) is 12.7 Å². The van der Waals surface area contributed by atoms with Gasteiger partial charge in [-0.15, -0.1) is 0 Å². The van der Waals surface area contributed by atoms with E-state index in [1.165, 1.54) is 29.1 Å². The van der Waals surface area contributed by atoms with Crippen molar-refractivity contribution in [3.05, 3.63) is 63.0 Å². The Labute approximate surface area is 102 Å². The Morgan fingerprint density at radius 2 is 2.18 bits per heavy atom. The largest absolute Gasteiger partial charge is 0.295 e. The number of benzene rings is 1. The van der Waals surface area contributed by atoms with E-state index >= 15 is 0 Å². The third-order valence-corrected chi connectivity index (χ3v) is 2.70. The van der Waals surface area contributed by atoms with Gasteiger partial charge in [0.15, 0.2) is 0 Å². The van der Waals surface area contributed by atoms with Gasteiger partial charge in [-0.3, -0.25) is 9.36 Å². The lowest BCUT2D eigenvalue weighted by Gasteiger charge is -2.08. The molecule has 0 aliphatic rings. The zero-order valence-corrected chi connectivity index (χ0v) is 9.91. The van der Waals surface area contributed by atoms with Crippen LogP contribution in [0.15, 0.2) is 35.4 Å². The number of nitrogens with zero attached hydrogens (tertiary/aromatic N) is 2. The van der Waals surface area contributed by atoms with Crippen molar-refractivity contribution in [3.63, 3.8) is 0 Å². The van der Waals surface area contributed by atoms with E-state index in [0.717, 1.165) is 11.1 Å². The molecule has 0 fully saturated rings. The second kappa shape index (κ2) is 4.67. The first-order chi connectivity index (χ1) is 8.06. The average Bonchev–Trinajstić information content (AvgIpc) is 2.27. The molecule has 0 aliphatic carbocycles. The summed E-state index contributed by atoms with van der Waals surface area (Å²) >= 11 is 5.59. The highest BCUT2D eigenvalue weighted by Crippen LogP contribution is 2.11. The van der Waals surface area contributed by atoms with E-state index in [0.29, 0.717) is 0 Å². The van der Waals surface area contributed by atoms with Crippen molar-refractivity contribution in [2.75, 3.05) is 0 Å². The Hall–Kier alpha value is -1.68. The Morgan fingerprint density at radius 3 is 2.88 bits per heavy atom. The summed E-state index contributed by atoms with van der Waals surface area (Å²) in [7, 11) is 0. The van der Waals surface area contributed by atoms with Gasteiger partial charge >= 0.3 is 0 Å². The molecule has 0 bridgehead atoms. The molecule has 0 N–H and O–H groups in total. The van der Waals surface area contributed by atoms with Gasteiger partial charge in [-0.1, -0.05) is 17.7 Å². The highest BCUT2D eigenvalue weighted by Gasteiger charge is 2.04. The predicted octanol–water partition coefficient (Wildman–Crippen LogP) is 2.39. The van der Waals surface area contributed by atoms with Gasteiger partial charge in [0.05, 0.1) is 12.9 Å². The van der Waals surface area contributed by atoms with Gasteiger partial charge in [0.2, 0.25) is 0 Å². The smallest absolute Gasteiger partial charge is 0.255 e. The highest BCUT2D eigenvalue weighted by molar-refractivity contribution is 6.29. The van der Waals surface area contributed by atoms with Crippen LogP contribution >= 0.6 is 11.6 Å². The molecule has 1 heterocycles. The molecular weight excluding hydrogens is 243 g/mol. The third kappa shape index (κ3) is 2.71. The van der Waals surface area contributed by atoms with Crippen LogP contribution in [-0.4, -0.2) is 9.55 Å². The number of aryl methyl sites for hydroxylation is 1. The summed E-state index contributed by atoms with van der Waals surface area (Å²) in [4.78, 5) is 15.4. The topological polar surface area (TPSA) is 34.9 Å². The van der Waals surface area contributed by atoms with Crippen molar-refractivity contribution in [1.29, 1.82) is 0 Å². The zero-order valence-electron chi connectivity index (χ0n) is 9.15. The average molecular weight is 253 g/mol. The minimum Gasteiger partial charge on any atom is -0.295 e. The molecule has 17 heavy (non-hydrogen) atoms. The first-order valence-electron chi connectivity index (χ1n) is 5.03. The lowest BCUT2D eigenvalue weighted by Crippen LogP contribution is -2.20. The lowest BCUT2D eigenvalue weighted by atomic mass is 10.1. The van der Waals surface area contributed by atoms with E-state index in [2.05, 4.69) is 4.98 Å². The third-order valence-electron chi connectivity index (χ3n) is 2.50. The van der Waals surface area contributed by atoms with Crippen LogP contribution < -0.4 is 5.56 Å². The summed E-state index contributed by atoms with van der Waals surface area (Å²) in [5, 5.41) is 0.155. The van der Waals surface area contributed by atoms with Crippen molar-refractivity contribution >= 4 is 11.6 Å². The van der Waals surface area contributed by atoms with Crippen LogP contribution in [-0.2, 0) is 6.54 Å². The molecule has 0 saturated carbocycles. The molecule has 88 valence electrons. The molecule has 0 radical (unpaired) electrons. The fraction of sp³-hybridized carbons (Fsp3) is 0.167. The van der Waals surface area contributed by atoms with Crippen LogP contribution in [0.5, 0.6) is 0 Å². The minimum absolute atomic E-state index is 0.155. The Bertz CT molecular complexity index is 610. The van der Waals surface area contributed by atoms with E-state index in [1.54, 1.807) is 6.07 Å². The lowest BCUT2D eigenvalue weighted by molar-refractivity contribution is 0.621. The fourth-order valence-electron chi connectivity index (χ4n) is 1.52. The quantitative estimate of drug-likeness (QED) is 0.770. The molecule has 0 aliphatic heterocycles. The van der Waals surface area contributed by atoms with Crippen molar-refractivity contribution in [2.45, 2.75) is 13.5 Å². The normalized spacial score (nSPS) is 10.5. The van der Waals surface area contributed by atoms with Crippen LogP contribution in [0.3, 0.4) is 0 Å². The maximum atomic E-state index is 13.1. The summed E-state index contributed by atoms with van der Waals surface area (Å²) in [6.07, 6.45) is 1.36. The van der Waals surface area contributed by atoms with Gasteiger partial charge in [0.1, 0.15) is 11.0 Å². The maximum absolute atomic E-state index is 13.1. The van der Waals surface area contributed by atoms with Gasteiger partial charge in [0.25, 0.3) is 5.56 Å². The molecule has 0 saturated heterocycles. The van der Waals surface area contributed by atoms with Crippen molar-refractivity contribution in [3.8, 4) is 0 Å². The molecule has 1 aromatic heterocycles. The molecule has 0 unspecified atom stereocenters. The number of aromatic nitrogens is 2. The Morgan fingerprint density at radius 1 is 1.41 bits per heavy atom. The Balaban J connectivity index is 2.38. The Kier molecular flexibility index (Phi) is 3.24. The van der Waals surface area contributed by atoms with Gasteiger partial charge in [0, 0.05) is 6.07 Å². The molecule has 0 amide bonds. The maximum Gasteiger partial charge on any atom is 0.255 e. The van der Waals surface area contributed by atoms with E-state index in [9.17, 15) is 9.18 Å². The highest BCUT2D eigenvalue weighted by atomic mass is 35.5. The molecule has 0 spiro atoms. The molecule has 2 aromatic rings. The summed E-state index contributed by atoms with van der Waals surface area (Å²) in [5.41, 5.74) is 1.41. The number of hydrogen-bond donors (Lipinski definition) is 0. The molecule has 5 heteroatoms. The van der Waals surface area contributed by atoms with E-state index in [-0.39, 0.29) is 23.1 Å². The zero-order chi connectivity index (χ0) is 12.4. The van der Waals surface area contributed by atoms with Crippen molar-refractivity contribution in [1.82, 2.24) is 9.55 Å². The van der Waals surface area contributed by atoms with E-state index < -0.39 is 0 Å². The standard InChI is InChI=1S/C12H10ClFN2O/c1-8-2-3-10(14)4-9(8)6-16-7-15-11(13)5-12(16)17/h2-5,7H,6H2,1H3. The summed E-state index contributed by atoms with van der Waals surface area (Å²) in [5.74, 6) is -0.319. The van der Waals surface area contributed by atoms with Crippen LogP contribution in [0.4, 0.5) is 4.39 Å². The van der Waals surface area contributed by atoms with Crippen LogP contribution in [0.1, 0.15) is 11.1 Å². The fourth-order valence-corrected chi connectivity index (χ4v) is 1.65. The summed E-state index contributed by atoms with van der Waals surface area (Å²) in [6.45, 7) is 2.15. The van der Waals surface area contributed by atoms with Gasteiger partial charge in [-0.25, -0.2) is 9.37 Å². The molecule has 2 rings (SSSR count). The predicted molar refractivity (Wildman–Crippen MR) is 63.7 cm³/mol. The number of halogens is 2. The number of hydrogen-bond acceptors (Lipinski definition) is 2. The minimum atomic E-state index is -0.319. The van der Waals surface area contributed by atoms with Crippen molar-refractivity contribution in [2.24, 2.45) is 0 Å². The molecule has 1 aromatic carbocycles. The van der Waals surface area contributed by atoms with Gasteiger partial charge in [-0.05, 0) is 30.2 Å². The summed E-state index contributed by atoms with van der Waals surface area (Å²) in [6, 6.07) is 5.72. The molecular formula is C12H10ClFN2O. The number of rotatable bonds is 2. The SMILES string of the molecule is Cc1ccc(F)cc1Cn1cnc(Cl)cc1=O. The van der Waals surface area contributed by atoms with Gasteiger partial charge < -0.3 is 0 Å². The molecule has 3 nitrogen and oxygen atoms in total. The van der Waals surface area contributed by atoms with E-state index in [1.807, 2.05) is 6.92 Å². The monoisotopic (exact) mass is 252 g/mol.